The van der Waals surface area contributed by atoms with E-state index in [1.54, 1.807) is 45.0 Å². The number of esters is 1. The molecule has 3 heteroatoms. The lowest BCUT2D eigenvalue weighted by Crippen LogP contribution is -2.25. The summed E-state index contributed by atoms with van der Waals surface area (Å²) in [5, 5.41) is 0. The lowest BCUT2D eigenvalue weighted by molar-refractivity contribution is -0.142. The Labute approximate surface area is 89.5 Å². The molecule has 3 nitrogen and oxygen atoms in total. The zero-order valence-corrected chi connectivity index (χ0v) is 9.07. The molecule has 0 amide bonds. The van der Waals surface area contributed by atoms with Crippen LogP contribution >= 0.6 is 0 Å². The van der Waals surface area contributed by atoms with Crippen LogP contribution in [0.4, 0.5) is 5.69 Å². The van der Waals surface area contributed by atoms with Crippen molar-refractivity contribution in [3.05, 3.63) is 35.7 Å². The van der Waals surface area contributed by atoms with E-state index >= 15 is 0 Å². The molecular weight excluding hydrogens is 190 g/mol. The maximum Gasteiger partial charge on any atom is 0.315 e. The van der Waals surface area contributed by atoms with Crippen molar-refractivity contribution in [1.29, 1.82) is 0 Å². The highest BCUT2D eigenvalue weighted by Gasteiger charge is 2.24. The van der Waals surface area contributed by atoms with Crippen LogP contribution in [0.5, 0.6) is 5.75 Å². The van der Waals surface area contributed by atoms with E-state index in [1.165, 1.54) is 0 Å². The highest BCUT2D eigenvalue weighted by atomic mass is 16.5. The number of hydrogen-bond donors (Lipinski definition) is 0. The van der Waals surface area contributed by atoms with Crippen molar-refractivity contribution >= 4 is 11.7 Å². The topological polar surface area (TPSA) is 30.7 Å². The molecule has 0 spiro atoms. The van der Waals surface area contributed by atoms with Gasteiger partial charge in [-0.05, 0) is 26.8 Å². The third-order valence-electron chi connectivity index (χ3n) is 1.80. The van der Waals surface area contributed by atoms with Crippen LogP contribution in [0.1, 0.15) is 20.8 Å². The second-order valence-electron chi connectivity index (χ2n) is 4.22. The molecule has 1 aromatic rings. The summed E-state index contributed by atoms with van der Waals surface area (Å²) in [7, 11) is 0. The van der Waals surface area contributed by atoms with Crippen LogP contribution in [0.3, 0.4) is 0 Å². The molecule has 15 heavy (non-hydrogen) atoms. The molecule has 1 aromatic carbocycles. The quantitative estimate of drug-likeness (QED) is 0.398. The summed E-state index contributed by atoms with van der Waals surface area (Å²) in [5.41, 5.74) is -0.204. The van der Waals surface area contributed by atoms with Crippen LogP contribution in [0, 0.1) is 12.0 Å². The lowest BCUT2D eigenvalue weighted by Gasteiger charge is -2.16. The van der Waals surface area contributed by atoms with Crippen molar-refractivity contribution in [2.24, 2.45) is 5.41 Å². The van der Waals surface area contributed by atoms with Gasteiger partial charge in [0, 0.05) is 0 Å². The molecule has 0 fully saturated rings. The molecule has 0 aliphatic heterocycles. The van der Waals surface area contributed by atoms with Crippen LogP contribution in [0.2, 0.25) is 0 Å². The van der Waals surface area contributed by atoms with Crippen molar-refractivity contribution in [3.8, 4) is 5.75 Å². The van der Waals surface area contributed by atoms with Gasteiger partial charge in [0.15, 0.2) is 0 Å². The Kier molecular flexibility index (Phi) is 3.11. The fraction of sp³-hybridized carbons (Fsp3) is 0.333. The van der Waals surface area contributed by atoms with E-state index in [4.69, 9.17) is 11.3 Å². The molecule has 0 aromatic heterocycles. The summed E-state index contributed by atoms with van der Waals surface area (Å²) in [6, 6.07) is 6.72. The molecule has 0 aliphatic carbocycles. The summed E-state index contributed by atoms with van der Waals surface area (Å²) < 4.78 is 5.15. The number of carbonyl (C=O) groups is 1. The van der Waals surface area contributed by atoms with Gasteiger partial charge in [0.05, 0.1) is 12.0 Å². The van der Waals surface area contributed by atoms with Gasteiger partial charge in [-0.3, -0.25) is 4.79 Å². The van der Waals surface area contributed by atoms with Crippen molar-refractivity contribution in [3.63, 3.8) is 0 Å². The van der Waals surface area contributed by atoms with Crippen LogP contribution in [-0.4, -0.2) is 5.97 Å². The first-order valence-electron chi connectivity index (χ1n) is 4.64. The highest BCUT2D eigenvalue weighted by molar-refractivity contribution is 5.79. The number of hydrogen-bond acceptors (Lipinski definition) is 2. The minimum atomic E-state index is -0.560. The van der Waals surface area contributed by atoms with E-state index in [1.807, 2.05) is 0 Å². The van der Waals surface area contributed by atoms with Crippen LogP contribution < -0.4 is 4.74 Å². The molecule has 0 bridgehead atoms. The van der Waals surface area contributed by atoms with Gasteiger partial charge in [0.2, 0.25) is 5.69 Å². The Bertz CT molecular complexity index is 410. The van der Waals surface area contributed by atoms with Crippen molar-refractivity contribution in [1.82, 2.24) is 0 Å². The Morgan fingerprint density at radius 3 is 2.47 bits per heavy atom. The Morgan fingerprint density at radius 2 is 1.93 bits per heavy atom. The maximum absolute atomic E-state index is 11.6. The zero-order chi connectivity index (χ0) is 11.5. The smallest absolute Gasteiger partial charge is 0.315 e. The van der Waals surface area contributed by atoms with Crippen LogP contribution in [0.15, 0.2) is 24.3 Å². The Hall–Kier alpha value is -1.82. The van der Waals surface area contributed by atoms with E-state index in [9.17, 15) is 4.79 Å². The fourth-order valence-electron chi connectivity index (χ4n) is 0.889. The van der Waals surface area contributed by atoms with E-state index in [2.05, 4.69) is 4.85 Å². The molecule has 0 aliphatic rings. The first-order valence-corrected chi connectivity index (χ1v) is 4.64. The predicted molar refractivity (Wildman–Crippen MR) is 57.8 cm³/mol. The normalized spacial score (nSPS) is 10.5. The van der Waals surface area contributed by atoms with Gasteiger partial charge in [0.1, 0.15) is 5.75 Å². The largest absolute Gasteiger partial charge is 0.438 e. The monoisotopic (exact) mass is 203 g/mol. The zero-order valence-electron chi connectivity index (χ0n) is 9.07. The average molecular weight is 203 g/mol. The molecule has 1 rings (SSSR count). The number of rotatable bonds is 1. The number of ether oxygens (including phenoxy) is 1. The summed E-state index contributed by atoms with van der Waals surface area (Å²) in [5.74, 6) is -0.00831. The van der Waals surface area contributed by atoms with Crippen molar-refractivity contribution in [2.45, 2.75) is 20.8 Å². The van der Waals surface area contributed by atoms with Crippen molar-refractivity contribution < 1.29 is 9.53 Å². The molecule has 0 atom stereocenters. The molecule has 78 valence electrons. The number of carbonyl (C=O) groups excluding carboxylic acids is 1. The standard InChI is InChI=1S/C12H13NO2/c1-12(2,3)11(14)15-10-8-6-5-7-9(10)13-4/h5-8H,1-3H3. The van der Waals surface area contributed by atoms with Gasteiger partial charge < -0.3 is 4.74 Å². The summed E-state index contributed by atoms with van der Waals surface area (Å²) in [6.07, 6.45) is 0. The molecule has 0 heterocycles. The van der Waals surface area contributed by atoms with E-state index in [-0.39, 0.29) is 5.97 Å². The summed E-state index contributed by atoms with van der Waals surface area (Å²) >= 11 is 0. The Morgan fingerprint density at radius 1 is 1.33 bits per heavy atom. The molecular formula is C12H13NO2. The maximum atomic E-state index is 11.6. The third-order valence-corrected chi connectivity index (χ3v) is 1.80. The van der Waals surface area contributed by atoms with Gasteiger partial charge in [-0.25, -0.2) is 4.85 Å². The third kappa shape index (κ3) is 2.81. The van der Waals surface area contributed by atoms with Gasteiger partial charge in [-0.15, -0.1) is 0 Å². The van der Waals surface area contributed by atoms with Crippen LogP contribution in [-0.2, 0) is 4.79 Å². The van der Waals surface area contributed by atoms with Gasteiger partial charge in [0.25, 0.3) is 0 Å². The lowest BCUT2D eigenvalue weighted by atomic mass is 9.97. The first kappa shape index (κ1) is 11.3. The molecule has 0 N–H and O–H groups in total. The van der Waals surface area contributed by atoms with E-state index in [0.29, 0.717) is 11.4 Å². The Balaban J connectivity index is 2.92. The SMILES string of the molecule is [C-]#[N+]c1ccccc1OC(=O)C(C)(C)C. The first-order chi connectivity index (χ1) is 6.95. The minimum Gasteiger partial charge on any atom is -0.438 e. The van der Waals surface area contributed by atoms with Crippen LogP contribution in [0.25, 0.3) is 4.85 Å². The number of para-hydroxylation sites is 2. The highest BCUT2D eigenvalue weighted by Crippen LogP contribution is 2.28. The second kappa shape index (κ2) is 4.14. The molecule has 0 unspecified atom stereocenters. The van der Waals surface area contributed by atoms with E-state index < -0.39 is 5.41 Å². The summed E-state index contributed by atoms with van der Waals surface area (Å²) in [6.45, 7) is 12.2. The number of benzene rings is 1. The minimum absolute atomic E-state index is 0.326. The second-order valence-corrected chi connectivity index (χ2v) is 4.22. The summed E-state index contributed by atoms with van der Waals surface area (Å²) in [4.78, 5) is 14.9. The molecule has 0 radical (unpaired) electrons. The average Bonchev–Trinajstić information content (AvgIpc) is 2.17. The predicted octanol–water partition coefficient (Wildman–Crippen LogP) is 3.19. The number of nitrogens with zero attached hydrogens (tertiary/aromatic N) is 1. The van der Waals surface area contributed by atoms with Crippen molar-refractivity contribution in [2.75, 3.05) is 0 Å². The molecule has 0 saturated carbocycles. The van der Waals surface area contributed by atoms with Gasteiger partial charge in [-0.2, -0.15) is 0 Å². The van der Waals surface area contributed by atoms with Gasteiger partial charge in [-0.1, -0.05) is 18.2 Å². The van der Waals surface area contributed by atoms with E-state index in [0.717, 1.165) is 0 Å². The molecule has 0 saturated heterocycles. The van der Waals surface area contributed by atoms with Gasteiger partial charge >= 0.3 is 5.97 Å². The fourth-order valence-corrected chi connectivity index (χ4v) is 0.889.